The third-order valence-electron chi connectivity index (χ3n) is 11.3. The summed E-state index contributed by atoms with van der Waals surface area (Å²) in [5.41, 5.74) is 2.89. The van der Waals surface area contributed by atoms with Gasteiger partial charge in [0.25, 0.3) is 0 Å². The molecule has 212 valence electrons. The second kappa shape index (κ2) is 10.6. The summed E-state index contributed by atoms with van der Waals surface area (Å²) >= 11 is 0. The predicted octanol–water partition coefficient (Wildman–Crippen LogP) is 4.24. The first-order chi connectivity index (χ1) is 18.0. The molecule has 9 atom stereocenters. The number of nitrogens with zero attached hydrogens (tertiary/aromatic N) is 2. The smallest absolute Gasteiger partial charge is 0.389 e. The van der Waals surface area contributed by atoms with Crippen molar-refractivity contribution in [2.45, 2.75) is 103 Å². The van der Waals surface area contributed by atoms with E-state index in [1.54, 1.807) is 19.0 Å². The molecule has 1 saturated heterocycles. The molecule has 38 heavy (non-hydrogen) atoms. The summed E-state index contributed by atoms with van der Waals surface area (Å²) in [6.45, 7) is 7.37. The third kappa shape index (κ3) is 4.91. The lowest BCUT2D eigenvalue weighted by Gasteiger charge is -2.58. The number of rotatable bonds is 5. The van der Waals surface area contributed by atoms with Crippen molar-refractivity contribution in [3.05, 3.63) is 11.6 Å². The second-order valence-corrected chi connectivity index (χ2v) is 13.5. The van der Waals surface area contributed by atoms with Crippen molar-refractivity contribution in [3.63, 3.8) is 0 Å². The fourth-order valence-electron chi connectivity index (χ4n) is 9.30. The molecule has 8 heteroatoms. The molecule has 0 spiro atoms. The van der Waals surface area contributed by atoms with Crippen molar-refractivity contribution in [1.82, 2.24) is 15.5 Å². The Labute approximate surface area is 228 Å². The van der Waals surface area contributed by atoms with Gasteiger partial charge in [0.05, 0.1) is 17.9 Å². The number of carbonyl (C=O) groups is 2. The van der Waals surface area contributed by atoms with Gasteiger partial charge in [0, 0.05) is 32.6 Å². The van der Waals surface area contributed by atoms with E-state index in [0.717, 1.165) is 50.2 Å². The quantitative estimate of drug-likeness (QED) is 0.214. The molecule has 3 saturated carbocycles. The first-order valence-electron chi connectivity index (χ1n) is 14.9. The van der Waals surface area contributed by atoms with Crippen LogP contribution in [0.3, 0.4) is 0 Å². The Hall–Kier alpha value is -1.93. The molecule has 1 aliphatic heterocycles. The van der Waals surface area contributed by atoms with Crippen LogP contribution in [0, 0.1) is 34.5 Å². The number of allylic oxidation sites excluding steroid dienone is 1. The third-order valence-corrected chi connectivity index (χ3v) is 11.3. The highest BCUT2D eigenvalue weighted by atomic mass is 16.7. The van der Waals surface area contributed by atoms with Crippen molar-refractivity contribution in [3.8, 4) is 0 Å². The molecule has 5 aliphatic rings. The van der Waals surface area contributed by atoms with Crippen LogP contribution in [0.5, 0.6) is 0 Å². The number of likely N-dealkylation sites (N-methyl/N-ethyl adjacent to an activating group) is 1. The van der Waals surface area contributed by atoms with Crippen molar-refractivity contribution in [2.24, 2.45) is 39.7 Å². The number of oxime groups is 1. The van der Waals surface area contributed by atoms with Crippen molar-refractivity contribution < 1.29 is 19.5 Å². The summed E-state index contributed by atoms with van der Waals surface area (Å²) in [6.07, 6.45) is 12.1. The van der Waals surface area contributed by atoms with E-state index in [4.69, 9.17) is 4.84 Å². The minimum absolute atomic E-state index is 0.0614. The molecular weight excluding hydrogens is 480 g/mol. The van der Waals surface area contributed by atoms with E-state index in [1.165, 1.54) is 31.3 Å². The Balaban J connectivity index is 1.16. The molecule has 1 heterocycles. The van der Waals surface area contributed by atoms with Gasteiger partial charge < -0.3 is 20.6 Å². The average Bonchev–Trinajstić information content (AvgIpc) is 3.50. The topological polar surface area (TPSA) is 103 Å². The summed E-state index contributed by atoms with van der Waals surface area (Å²) in [5, 5.41) is 20.7. The fourth-order valence-corrected chi connectivity index (χ4v) is 9.30. The normalized spacial score (nSPS) is 42.4. The van der Waals surface area contributed by atoms with Crippen LogP contribution in [0.15, 0.2) is 16.8 Å². The molecule has 0 aromatic carbocycles. The monoisotopic (exact) mass is 528 g/mol. The standard InChI is InChI=1S/C30H48N4O4/c1-18(33-38-28(37)31-17-20-7-11-26(32-20)27(36)34(4)5)23-9-10-24-22-8-6-19-16-21(35)12-14-29(19,2)25(22)13-15-30(23,24)3/h16,20-26,32,35H,6-15,17H2,1-5H3,(H,31,37)/b33-18+/t20?,21-,22-,23+,24-,25-,26?,29-,30+/m0/s1. The van der Waals surface area contributed by atoms with Crippen LogP contribution in [0.4, 0.5) is 4.79 Å². The Morgan fingerprint density at radius 2 is 1.89 bits per heavy atom. The van der Waals surface area contributed by atoms with E-state index >= 15 is 0 Å². The van der Waals surface area contributed by atoms with Crippen LogP contribution >= 0.6 is 0 Å². The molecule has 2 unspecified atom stereocenters. The lowest BCUT2D eigenvalue weighted by atomic mass is 9.46. The first kappa shape index (κ1) is 27.6. The maximum Gasteiger partial charge on any atom is 0.433 e. The van der Waals surface area contributed by atoms with E-state index in [2.05, 4.69) is 35.7 Å². The summed E-state index contributed by atoms with van der Waals surface area (Å²) in [7, 11) is 3.52. The predicted molar refractivity (Wildman–Crippen MR) is 147 cm³/mol. The molecule has 2 amide bonds. The van der Waals surface area contributed by atoms with Crippen molar-refractivity contribution in [1.29, 1.82) is 0 Å². The molecule has 4 fully saturated rings. The van der Waals surface area contributed by atoms with Crippen molar-refractivity contribution >= 4 is 17.7 Å². The number of hydrogen-bond donors (Lipinski definition) is 3. The zero-order valence-electron chi connectivity index (χ0n) is 24.0. The minimum Gasteiger partial charge on any atom is -0.389 e. The van der Waals surface area contributed by atoms with Crippen LogP contribution in [0.1, 0.15) is 85.0 Å². The molecule has 8 nitrogen and oxygen atoms in total. The van der Waals surface area contributed by atoms with Gasteiger partial charge >= 0.3 is 6.09 Å². The van der Waals surface area contributed by atoms with Crippen LogP contribution < -0.4 is 10.6 Å². The van der Waals surface area contributed by atoms with E-state index in [9.17, 15) is 14.7 Å². The molecule has 3 N–H and O–H groups in total. The van der Waals surface area contributed by atoms with Gasteiger partial charge in [-0.3, -0.25) is 9.63 Å². The number of carbonyl (C=O) groups excluding carboxylic acids is 2. The SMILES string of the molecule is C/C(=N\OC(=O)NCC1CCC(C(=O)N(C)C)N1)[C@H]1CC[C@H]2[C@@H]3CCC4=C[C@@H](O)CC[C@]4(C)[C@H]3CC[C@]12C. The van der Waals surface area contributed by atoms with Gasteiger partial charge in [0.2, 0.25) is 5.91 Å². The number of fused-ring (bicyclic) bond motifs is 5. The Morgan fingerprint density at radius 3 is 2.66 bits per heavy atom. The lowest BCUT2D eigenvalue weighted by molar-refractivity contribution is -0.130. The molecule has 0 aromatic rings. The number of hydrogen-bond acceptors (Lipinski definition) is 6. The van der Waals surface area contributed by atoms with E-state index < -0.39 is 6.09 Å². The zero-order valence-corrected chi connectivity index (χ0v) is 24.0. The number of amides is 2. The average molecular weight is 529 g/mol. The van der Waals surface area contributed by atoms with E-state index in [0.29, 0.717) is 24.3 Å². The second-order valence-electron chi connectivity index (χ2n) is 13.5. The Bertz CT molecular complexity index is 995. The van der Waals surface area contributed by atoms with Gasteiger partial charge in [0.1, 0.15) is 0 Å². The molecule has 0 bridgehead atoms. The highest BCUT2D eigenvalue weighted by Gasteiger charge is 2.59. The summed E-state index contributed by atoms with van der Waals surface area (Å²) in [6, 6.07) is -0.121. The lowest BCUT2D eigenvalue weighted by Crippen LogP contribution is -2.51. The molecular formula is C30H48N4O4. The summed E-state index contributed by atoms with van der Waals surface area (Å²) in [4.78, 5) is 31.5. The maximum atomic E-state index is 12.4. The van der Waals surface area contributed by atoms with Crippen LogP contribution in [0.25, 0.3) is 0 Å². The molecule has 0 aromatic heterocycles. The van der Waals surface area contributed by atoms with Gasteiger partial charge in [-0.25, -0.2) is 4.79 Å². The fraction of sp³-hybridized carbons (Fsp3) is 0.833. The molecule has 4 aliphatic carbocycles. The number of nitrogens with one attached hydrogen (secondary N) is 2. The van der Waals surface area contributed by atoms with Crippen LogP contribution in [-0.2, 0) is 9.63 Å². The summed E-state index contributed by atoms with van der Waals surface area (Å²) < 4.78 is 0. The maximum absolute atomic E-state index is 12.4. The Kier molecular flexibility index (Phi) is 7.68. The highest BCUT2D eigenvalue weighted by molar-refractivity contribution is 5.85. The van der Waals surface area contributed by atoms with E-state index in [1.807, 2.05) is 6.92 Å². The molecule has 0 radical (unpaired) electrons. The number of aliphatic hydroxyl groups is 1. The van der Waals surface area contributed by atoms with Crippen LogP contribution in [0.2, 0.25) is 0 Å². The number of aliphatic hydroxyl groups excluding tert-OH is 1. The van der Waals surface area contributed by atoms with Gasteiger partial charge in [-0.15, -0.1) is 0 Å². The Morgan fingerprint density at radius 1 is 1.11 bits per heavy atom. The highest BCUT2D eigenvalue weighted by Crippen LogP contribution is 2.66. The van der Waals surface area contributed by atoms with Gasteiger partial charge in [0.15, 0.2) is 0 Å². The van der Waals surface area contributed by atoms with Crippen LogP contribution in [-0.4, -0.2) is 66.5 Å². The van der Waals surface area contributed by atoms with Gasteiger partial charge in [-0.1, -0.05) is 30.7 Å². The van der Waals surface area contributed by atoms with E-state index in [-0.39, 0.29) is 34.9 Å². The first-order valence-corrected chi connectivity index (χ1v) is 14.9. The van der Waals surface area contributed by atoms with Gasteiger partial charge in [-0.2, -0.15) is 0 Å². The zero-order chi connectivity index (χ0) is 27.2. The largest absolute Gasteiger partial charge is 0.433 e. The molecule has 5 rings (SSSR count). The van der Waals surface area contributed by atoms with Crippen molar-refractivity contribution in [2.75, 3.05) is 20.6 Å². The minimum atomic E-state index is -0.532. The summed E-state index contributed by atoms with van der Waals surface area (Å²) in [5.74, 6) is 2.54. The van der Waals surface area contributed by atoms with Gasteiger partial charge in [-0.05, 0) is 99.7 Å².